The SMILES string of the molecule is NC1=N[C@@]2(c3cc(NC(=O)c4cnc(C(F)F)cn4)cc(F)c3F)CO[C@H](C(F)(F)F)[C@H]2CS1. The lowest BCUT2D eigenvalue weighted by Crippen LogP contribution is -2.46. The highest BCUT2D eigenvalue weighted by Gasteiger charge is 2.62. The maximum absolute atomic E-state index is 14.9. The van der Waals surface area contributed by atoms with Crippen LogP contribution in [0.4, 0.5) is 36.4 Å². The topological polar surface area (TPSA) is 102 Å². The third kappa shape index (κ3) is 4.29. The fraction of sp³-hybridized carbons (Fsp3) is 0.368. The Labute approximate surface area is 191 Å². The van der Waals surface area contributed by atoms with Gasteiger partial charge in [0.05, 0.1) is 19.0 Å². The van der Waals surface area contributed by atoms with Crippen molar-refractivity contribution in [3.8, 4) is 0 Å². The second kappa shape index (κ2) is 8.69. The molecule has 2 aromatic rings. The van der Waals surface area contributed by atoms with Crippen molar-refractivity contribution in [3.63, 3.8) is 0 Å². The Bertz CT molecular complexity index is 1150. The number of carbonyl (C=O) groups is 1. The molecule has 1 aromatic carbocycles. The molecule has 1 saturated heterocycles. The van der Waals surface area contributed by atoms with Gasteiger partial charge in [-0.25, -0.2) is 27.5 Å². The zero-order valence-corrected chi connectivity index (χ0v) is 17.6. The molecule has 1 amide bonds. The fourth-order valence-electron chi connectivity index (χ4n) is 3.83. The minimum absolute atomic E-state index is 0.133. The number of thioether (sulfide) groups is 1. The van der Waals surface area contributed by atoms with Crippen LogP contribution in [0.25, 0.3) is 0 Å². The van der Waals surface area contributed by atoms with E-state index in [1.165, 1.54) is 0 Å². The van der Waals surface area contributed by atoms with Gasteiger partial charge in [0.25, 0.3) is 12.3 Å². The number of nitrogens with two attached hydrogens (primary N) is 1. The molecule has 4 rings (SSSR count). The average Bonchev–Trinajstić information content (AvgIpc) is 3.16. The van der Waals surface area contributed by atoms with Crippen molar-refractivity contribution in [2.24, 2.45) is 16.6 Å². The van der Waals surface area contributed by atoms with Gasteiger partial charge in [-0.15, -0.1) is 0 Å². The number of ether oxygens (including phenoxy) is 1. The van der Waals surface area contributed by atoms with Crippen LogP contribution < -0.4 is 11.1 Å². The number of benzene rings is 1. The van der Waals surface area contributed by atoms with Gasteiger partial charge in [-0.3, -0.25) is 9.78 Å². The Kier molecular flexibility index (Phi) is 6.18. The third-order valence-electron chi connectivity index (χ3n) is 5.39. The fourth-order valence-corrected chi connectivity index (χ4v) is 4.86. The van der Waals surface area contributed by atoms with Crippen molar-refractivity contribution < 1.29 is 40.3 Å². The van der Waals surface area contributed by atoms with E-state index < -0.39 is 71.3 Å². The van der Waals surface area contributed by atoms with E-state index >= 15 is 0 Å². The summed E-state index contributed by atoms with van der Waals surface area (Å²) in [6.07, 6.45) is -8.57. The lowest BCUT2D eigenvalue weighted by Gasteiger charge is -2.36. The van der Waals surface area contributed by atoms with E-state index in [1.54, 1.807) is 0 Å². The first-order valence-electron chi connectivity index (χ1n) is 9.50. The minimum atomic E-state index is -4.79. The number of alkyl halides is 5. The van der Waals surface area contributed by atoms with Crippen LogP contribution in [0.3, 0.4) is 0 Å². The van der Waals surface area contributed by atoms with E-state index in [1.807, 2.05) is 0 Å². The molecule has 7 nitrogen and oxygen atoms in total. The van der Waals surface area contributed by atoms with E-state index in [9.17, 15) is 35.5 Å². The molecule has 0 spiro atoms. The van der Waals surface area contributed by atoms with Gasteiger partial charge in [0.1, 0.15) is 16.9 Å². The van der Waals surface area contributed by atoms with Crippen molar-refractivity contribution in [3.05, 3.63) is 53.1 Å². The molecule has 3 heterocycles. The summed E-state index contributed by atoms with van der Waals surface area (Å²) in [7, 11) is 0. The largest absolute Gasteiger partial charge is 0.415 e. The Morgan fingerprint density at radius 2 is 1.97 bits per heavy atom. The number of aliphatic imine (C=N–C) groups is 1. The summed E-state index contributed by atoms with van der Waals surface area (Å²) in [5.41, 5.74) is 1.71. The molecule has 1 fully saturated rings. The van der Waals surface area contributed by atoms with Gasteiger partial charge in [0.2, 0.25) is 0 Å². The molecule has 34 heavy (non-hydrogen) atoms. The highest BCUT2D eigenvalue weighted by molar-refractivity contribution is 8.13. The van der Waals surface area contributed by atoms with E-state index in [0.717, 1.165) is 24.0 Å². The lowest BCUT2D eigenvalue weighted by molar-refractivity contribution is -0.215. The van der Waals surface area contributed by atoms with Crippen molar-refractivity contribution >= 4 is 28.5 Å². The van der Waals surface area contributed by atoms with Gasteiger partial charge < -0.3 is 15.8 Å². The molecular weight excluding hydrogens is 495 g/mol. The van der Waals surface area contributed by atoms with Gasteiger partial charge in [0.15, 0.2) is 22.9 Å². The number of hydrogen-bond donors (Lipinski definition) is 2. The number of nitrogens with zero attached hydrogens (tertiary/aromatic N) is 3. The molecule has 2 aliphatic heterocycles. The quantitative estimate of drug-likeness (QED) is 0.609. The van der Waals surface area contributed by atoms with E-state index in [4.69, 9.17) is 10.5 Å². The Balaban J connectivity index is 1.71. The molecule has 0 bridgehead atoms. The Morgan fingerprint density at radius 3 is 2.59 bits per heavy atom. The van der Waals surface area contributed by atoms with Gasteiger partial charge in [0, 0.05) is 29.0 Å². The van der Waals surface area contributed by atoms with Crippen LogP contribution >= 0.6 is 11.8 Å². The van der Waals surface area contributed by atoms with Gasteiger partial charge in [-0.05, 0) is 6.07 Å². The first-order valence-corrected chi connectivity index (χ1v) is 10.5. The second-order valence-electron chi connectivity index (χ2n) is 7.47. The highest BCUT2D eigenvalue weighted by atomic mass is 32.2. The summed E-state index contributed by atoms with van der Waals surface area (Å²) in [5, 5.41) is 2.07. The molecule has 1 aromatic heterocycles. The summed E-state index contributed by atoms with van der Waals surface area (Å²) in [5.74, 6) is -5.58. The number of fused-ring (bicyclic) bond motifs is 1. The number of carbonyl (C=O) groups excluding carboxylic acids is 1. The first kappa shape index (κ1) is 24.2. The summed E-state index contributed by atoms with van der Waals surface area (Å²) in [6.45, 7) is -0.725. The molecular formula is C19H14F7N5O2S. The van der Waals surface area contributed by atoms with Crippen LogP contribution in [0.2, 0.25) is 0 Å². The number of hydrogen-bond acceptors (Lipinski definition) is 7. The van der Waals surface area contributed by atoms with Crippen molar-refractivity contribution in [2.45, 2.75) is 24.2 Å². The molecule has 0 saturated carbocycles. The molecule has 0 aliphatic carbocycles. The molecule has 3 atom stereocenters. The Hall–Kier alpha value is -2.94. The highest BCUT2D eigenvalue weighted by Crippen LogP contribution is 2.52. The number of amidine groups is 1. The maximum Gasteiger partial charge on any atom is 0.415 e. The molecule has 3 N–H and O–H groups in total. The van der Waals surface area contributed by atoms with E-state index in [-0.39, 0.29) is 16.6 Å². The van der Waals surface area contributed by atoms with Crippen LogP contribution in [-0.2, 0) is 10.3 Å². The molecule has 0 unspecified atom stereocenters. The first-order chi connectivity index (χ1) is 15.9. The van der Waals surface area contributed by atoms with E-state index in [0.29, 0.717) is 12.3 Å². The van der Waals surface area contributed by atoms with Crippen molar-refractivity contribution in [1.29, 1.82) is 0 Å². The number of anilines is 1. The minimum Gasteiger partial charge on any atom is -0.379 e. The summed E-state index contributed by atoms with van der Waals surface area (Å²) < 4.78 is 100. The summed E-state index contributed by atoms with van der Waals surface area (Å²) in [4.78, 5) is 23.4. The van der Waals surface area contributed by atoms with Crippen molar-refractivity contribution in [1.82, 2.24) is 9.97 Å². The zero-order valence-electron chi connectivity index (χ0n) is 16.7. The van der Waals surface area contributed by atoms with Crippen LogP contribution in [0, 0.1) is 17.6 Å². The van der Waals surface area contributed by atoms with E-state index in [2.05, 4.69) is 20.3 Å². The van der Waals surface area contributed by atoms with Gasteiger partial charge in [-0.2, -0.15) is 13.2 Å². The lowest BCUT2D eigenvalue weighted by atomic mass is 9.78. The summed E-state index contributed by atoms with van der Waals surface area (Å²) >= 11 is 0.826. The number of rotatable bonds is 4. The maximum atomic E-state index is 14.9. The number of aromatic nitrogens is 2. The number of nitrogens with one attached hydrogen (secondary N) is 1. The second-order valence-corrected chi connectivity index (χ2v) is 8.51. The van der Waals surface area contributed by atoms with Crippen molar-refractivity contribution in [2.75, 3.05) is 17.7 Å². The molecule has 0 radical (unpaired) electrons. The molecule has 182 valence electrons. The standard InChI is InChI=1S/C19H14F7N5O2S/c20-10-2-7(30-16(32)12-4-28-11(3-29-12)15(22)23)1-8(13(10)21)18-6-33-14(19(24,25)26)9(18)5-34-17(27)31-18/h1-4,9,14-15H,5-6H2,(H2,27,31)(H,30,32)/t9-,14+,18-/m1/s1. The monoisotopic (exact) mass is 509 g/mol. The van der Waals surface area contributed by atoms with Gasteiger partial charge >= 0.3 is 6.18 Å². The zero-order chi connectivity index (χ0) is 24.8. The number of halogens is 7. The van der Waals surface area contributed by atoms with Crippen LogP contribution in [0.1, 0.15) is 28.2 Å². The molecule has 15 heteroatoms. The van der Waals surface area contributed by atoms with Gasteiger partial charge in [-0.1, -0.05) is 11.8 Å². The predicted molar refractivity (Wildman–Crippen MR) is 106 cm³/mol. The normalized spacial score (nSPS) is 24.6. The Morgan fingerprint density at radius 1 is 1.24 bits per heavy atom. The third-order valence-corrected chi connectivity index (χ3v) is 6.30. The number of amides is 1. The van der Waals surface area contributed by atoms with Crippen LogP contribution in [-0.4, -0.2) is 45.7 Å². The molecule has 2 aliphatic rings. The summed E-state index contributed by atoms with van der Waals surface area (Å²) in [6, 6.07) is 1.53. The smallest absolute Gasteiger partial charge is 0.379 e. The van der Waals surface area contributed by atoms with Crippen LogP contribution in [0.5, 0.6) is 0 Å². The average molecular weight is 509 g/mol. The van der Waals surface area contributed by atoms with Crippen LogP contribution in [0.15, 0.2) is 29.5 Å². The predicted octanol–water partition coefficient (Wildman–Crippen LogP) is 3.78.